The highest BCUT2D eigenvalue weighted by molar-refractivity contribution is 7.90. The van der Waals surface area contributed by atoms with Crippen molar-refractivity contribution < 1.29 is 8.42 Å². The van der Waals surface area contributed by atoms with E-state index in [1.807, 2.05) is 0 Å². The van der Waals surface area contributed by atoms with Crippen LogP contribution in [0, 0.1) is 17.2 Å². The Kier molecular flexibility index (Phi) is 4.56. The summed E-state index contributed by atoms with van der Waals surface area (Å²) >= 11 is 0. The fourth-order valence-electron chi connectivity index (χ4n) is 2.04. The highest BCUT2D eigenvalue weighted by atomic mass is 32.2. The molecule has 1 unspecified atom stereocenters. The molecule has 0 spiro atoms. The zero-order valence-corrected chi connectivity index (χ0v) is 11.7. The molecule has 0 saturated heterocycles. The predicted molar refractivity (Wildman–Crippen MR) is 67.8 cm³/mol. The summed E-state index contributed by atoms with van der Waals surface area (Å²) in [4.78, 5) is 0. The van der Waals surface area contributed by atoms with Gasteiger partial charge in [-0.25, -0.2) is 8.42 Å². The summed E-state index contributed by atoms with van der Waals surface area (Å²) in [5.41, 5.74) is 0. The number of nitriles is 1. The molecule has 1 saturated carbocycles. The lowest BCUT2D eigenvalue weighted by Gasteiger charge is -2.29. The first-order valence-corrected chi connectivity index (χ1v) is 7.68. The Morgan fingerprint density at radius 2 is 1.76 bits per heavy atom. The van der Waals surface area contributed by atoms with Crippen LogP contribution in [0.1, 0.15) is 52.9 Å². The van der Waals surface area contributed by atoms with E-state index in [2.05, 4.69) is 10.8 Å². The molecule has 1 aliphatic carbocycles. The van der Waals surface area contributed by atoms with Gasteiger partial charge < -0.3 is 0 Å². The highest BCUT2D eigenvalue weighted by Gasteiger charge is 2.34. The molecule has 5 heteroatoms. The van der Waals surface area contributed by atoms with Crippen molar-refractivity contribution in [3.05, 3.63) is 0 Å². The van der Waals surface area contributed by atoms with Crippen LogP contribution in [0.5, 0.6) is 0 Å². The summed E-state index contributed by atoms with van der Waals surface area (Å²) in [7, 11) is -3.43. The third-order valence-electron chi connectivity index (χ3n) is 3.35. The maximum atomic E-state index is 12.0. The van der Waals surface area contributed by atoms with Crippen LogP contribution in [0.15, 0.2) is 0 Å². The molecule has 0 radical (unpaired) electrons. The Morgan fingerprint density at radius 3 is 2.18 bits per heavy atom. The summed E-state index contributed by atoms with van der Waals surface area (Å²) in [6.07, 6.45) is 5.29. The third kappa shape index (κ3) is 3.68. The van der Waals surface area contributed by atoms with E-state index in [1.165, 1.54) is 6.42 Å². The minimum Gasteiger partial charge on any atom is -0.212 e. The van der Waals surface area contributed by atoms with Crippen molar-refractivity contribution in [1.29, 1.82) is 5.26 Å². The van der Waals surface area contributed by atoms with E-state index in [4.69, 9.17) is 5.26 Å². The van der Waals surface area contributed by atoms with Crippen molar-refractivity contribution in [1.82, 2.24) is 4.72 Å². The van der Waals surface area contributed by atoms with E-state index >= 15 is 0 Å². The van der Waals surface area contributed by atoms with Gasteiger partial charge in [0.25, 0.3) is 0 Å². The molecule has 17 heavy (non-hydrogen) atoms. The Morgan fingerprint density at radius 1 is 1.24 bits per heavy atom. The van der Waals surface area contributed by atoms with Gasteiger partial charge in [0.1, 0.15) is 6.04 Å². The zero-order chi connectivity index (χ0) is 13.1. The van der Waals surface area contributed by atoms with Gasteiger partial charge in [0.05, 0.1) is 10.8 Å². The standard InChI is InChI=1S/C12H22N2O2S/c1-12(2,3)17(15,16)14-11(9-13)10-7-5-4-6-8-10/h10-11,14H,4-8H2,1-3H3. The molecule has 1 fully saturated rings. The molecule has 1 atom stereocenters. The molecule has 0 bridgehead atoms. The van der Waals surface area contributed by atoms with Crippen molar-refractivity contribution in [3.63, 3.8) is 0 Å². The van der Waals surface area contributed by atoms with Crippen molar-refractivity contribution >= 4 is 10.0 Å². The molecule has 1 N–H and O–H groups in total. The second-order valence-corrected chi connectivity index (χ2v) is 8.21. The maximum absolute atomic E-state index is 12.0. The van der Waals surface area contributed by atoms with Gasteiger partial charge in [-0.2, -0.15) is 9.98 Å². The van der Waals surface area contributed by atoms with Gasteiger partial charge in [0.15, 0.2) is 0 Å². The second-order valence-electron chi connectivity index (χ2n) is 5.74. The summed E-state index contributed by atoms with van der Waals surface area (Å²) in [6.45, 7) is 4.93. The molecule has 0 aromatic heterocycles. The molecule has 1 aliphatic rings. The van der Waals surface area contributed by atoms with Crippen LogP contribution in [-0.2, 0) is 10.0 Å². The number of nitrogens with zero attached hydrogens (tertiary/aromatic N) is 1. The number of rotatable bonds is 3. The van der Waals surface area contributed by atoms with Crippen LogP contribution in [-0.4, -0.2) is 19.2 Å². The number of sulfonamides is 1. The van der Waals surface area contributed by atoms with Gasteiger partial charge in [-0.3, -0.25) is 0 Å². The Hall–Kier alpha value is -0.600. The summed E-state index contributed by atoms with van der Waals surface area (Å²) in [6, 6.07) is 1.54. The van der Waals surface area contributed by atoms with E-state index in [0.29, 0.717) is 0 Å². The van der Waals surface area contributed by atoms with Crippen molar-refractivity contribution in [3.8, 4) is 6.07 Å². The van der Waals surface area contributed by atoms with Crippen LogP contribution in [0.2, 0.25) is 0 Å². The van der Waals surface area contributed by atoms with E-state index in [-0.39, 0.29) is 5.92 Å². The molecular formula is C12H22N2O2S. The van der Waals surface area contributed by atoms with Crippen molar-refractivity contribution in [2.75, 3.05) is 0 Å². The average molecular weight is 258 g/mol. The van der Waals surface area contributed by atoms with Gasteiger partial charge in [-0.05, 0) is 39.5 Å². The monoisotopic (exact) mass is 258 g/mol. The van der Waals surface area contributed by atoms with Crippen molar-refractivity contribution in [2.45, 2.75) is 63.7 Å². The predicted octanol–water partition coefficient (Wildman–Crippen LogP) is 2.18. The minimum atomic E-state index is -3.43. The fraction of sp³-hybridized carbons (Fsp3) is 0.917. The molecule has 0 aliphatic heterocycles. The lowest BCUT2D eigenvalue weighted by Crippen LogP contribution is -2.47. The normalized spacial score (nSPS) is 20.8. The molecule has 0 aromatic rings. The number of hydrogen-bond acceptors (Lipinski definition) is 3. The first-order valence-electron chi connectivity index (χ1n) is 6.19. The maximum Gasteiger partial charge on any atom is 0.217 e. The number of hydrogen-bond donors (Lipinski definition) is 1. The van der Waals surface area contributed by atoms with Crippen LogP contribution in [0.4, 0.5) is 0 Å². The van der Waals surface area contributed by atoms with Gasteiger partial charge >= 0.3 is 0 Å². The smallest absolute Gasteiger partial charge is 0.212 e. The third-order valence-corrected chi connectivity index (χ3v) is 5.53. The molecular weight excluding hydrogens is 236 g/mol. The van der Waals surface area contributed by atoms with Gasteiger partial charge in [0.2, 0.25) is 10.0 Å². The van der Waals surface area contributed by atoms with E-state index in [9.17, 15) is 8.42 Å². The molecule has 1 rings (SSSR count). The Balaban J connectivity index is 2.74. The first-order chi connectivity index (χ1) is 7.78. The topological polar surface area (TPSA) is 70.0 Å². The summed E-state index contributed by atoms with van der Waals surface area (Å²) < 4.78 is 25.7. The molecule has 0 heterocycles. The Bertz CT molecular complexity index is 384. The zero-order valence-electron chi connectivity index (χ0n) is 10.9. The SMILES string of the molecule is CC(C)(C)S(=O)(=O)NC(C#N)C1CCCCC1. The molecule has 98 valence electrons. The summed E-state index contributed by atoms with van der Waals surface area (Å²) in [5, 5.41) is 9.13. The van der Waals surface area contributed by atoms with Gasteiger partial charge in [-0.1, -0.05) is 19.3 Å². The lowest BCUT2D eigenvalue weighted by atomic mass is 9.85. The number of nitrogens with one attached hydrogen (secondary N) is 1. The lowest BCUT2D eigenvalue weighted by molar-refractivity contribution is 0.322. The second kappa shape index (κ2) is 5.36. The average Bonchev–Trinajstić information content (AvgIpc) is 2.25. The van der Waals surface area contributed by atoms with E-state index < -0.39 is 20.8 Å². The van der Waals surface area contributed by atoms with E-state index in [0.717, 1.165) is 25.7 Å². The molecule has 0 aromatic carbocycles. The first kappa shape index (κ1) is 14.5. The Labute approximate surface area is 104 Å². The van der Waals surface area contributed by atoms with Crippen LogP contribution in [0.25, 0.3) is 0 Å². The quantitative estimate of drug-likeness (QED) is 0.843. The fourth-order valence-corrected chi connectivity index (χ4v) is 2.97. The van der Waals surface area contributed by atoms with Crippen LogP contribution >= 0.6 is 0 Å². The van der Waals surface area contributed by atoms with Gasteiger partial charge in [0, 0.05) is 0 Å². The van der Waals surface area contributed by atoms with Crippen LogP contribution in [0.3, 0.4) is 0 Å². The highest BCUT2D eigenvalue weighted by Crippen LogP contribution is 2.27. The largest absolute Gasteiger partial charge is 0.217 e. The summed E-state index contributed by atoms with van der Waals surface area (Å²) in [5.74, 6) is 0.172. The molecule has 0 amide bonds. The van der Waals surface area contributed by atoms with Crippen molar-refractivity contribution in [2.24, 2.45) is 5.92 Å². The van der Waals surface area contributed by atoms with E-state index in [1.54, 1.807) is 20.8 Å². The minimum absolute atomic E-state index is 0.172. The van der Waals surface area contributed by atoms with Gasteiger partial charge in [-0.15, -0.1) is 0 Å². The molecule has 4 nitrogen and oxygen atoms in total. The van der Waals surface area contributed by atoms with Crippen LogP contribution < -0.4 is 4.72 Å².